The van der Waals surface area contributed by atoms with E-state index in [9.17, 15) is 4.79 Å². The number of piperidine rings is 1. The van der Waals surface area contributed by atoms with Crippen molar-refractivity contribution in [2.45, 2.75) is 23.7 Å². The maximum atomic E-state index is 12.8. The zero-order chi connectivity index (χ0) is 18.1. The van der Waals surface area contributed by atoms with Gasteiger partial charge in [0.1, 0.15) is 5.82 Å². The molecule has 1 saturated heterocycles. The molecule has 6 heteroatoms. The minimum absolute atomic E-state index is 0.224. The van der Waals surface area contributed by atoms with Gasteiger partial charge in [-0.15, -0.1) is 11.8 Å². The molecule has 1 amide bonds. The van der Waals surface area contributed by atoms with E-state index in [1.165, 1.54) is 15.8 Å². The Labute approximate surface area is 158 Å². The molecule has 3 aromatic rings. The zero-order valence-corrected chi connectivity index (χ0v) is 16.1. The molecule has 0 spiro atoms. The third-order valence-electron chi connectivity index (χ3n) is 5.21. The van der Waals surface area contributed by atoms with E-state index < -0.39 is 0 Å². The number of hydrogen-bond donors (Lipinski definition) is 0. The van der Waals surface area contributed by atoms with Crippen molar-refractivity contribution < 1.29 is 4.79 Å². The molecule has 1 atom stereocenters. The summed E-state index contributed by atoms with van der Waals surface area (Å²) in [6.07, 6.45) is 8.09. The second kappa shape index (κ2) is 7.19. The average molecular weight is 369 g/mol. The highest BCUT2D eigenvalue weighted by atomic mass is 32.2. The lowest BCUT2D eigenvalue weighted by molar-refractivity contribution is -0.129. The van der Waals surface area contributed by atoms with Crippen LogP contribution in [0.1, 0.15) is 24.6 Å². The molecule has 5 nitrogen and oxygen atoms in total. The highest BCUT2D eigenvalue weighted by molar-refractivity contribution is 8.00. The van der Waals surface area contributed by atoms with E-state index in [-0.39, 0.29) is 5.91 Å². The third kappa shape index (κ3) is 3.26. The molecule has 0 radical (unpaired) electrons. The van der Waals surface area contributed by atoms with Crippen LogP contribution in [0.4, 0.5) is 0 Å². The van der Waals surface area contributed by atoms with Crippen molar-refractivity contribution in [1.29, 1.82) is 0 Å². The number of likely N-dealkylation sites (tertiary alicyclic amines) is 1. The second-order valence-electron chi connectivity index (χ2n) is 6.99. The number of aromatic nitrogens is 3. The van der Waals surface area contributed by atoms with Crippen molar-refractivity contribution in [3.05, 3.63) is 48.7 Å². The summed E-state index contributed by atoms with van der Waals surface area (Å²) in [5, 5.41) is 1.22. The number of imidazole rings is 1. The standard InChI is InChI=1S/C20H24N4OS/c1-22-11-9-21-20(22)15-6-5-10-24(12-15)19(25)14-26-18-13-23(2)17-8-4-3-7-16(17)18/h3-4,7-9,11,13,15H,5-6,10,12,14H2,1-2H3. The Morgan fingerprint density at radius 1 is 1.27 bits per heavy atom. The predicted octanol–water partition coefficient (Wildman–Crippen LogP) is 3.41. The summed E-state index contributed by atoms with van der Waals surface area (Å²) in [6, 6.07) is 8.34. The van der Waals surface area contributed by atoms with Gasteiger partial charge in [0, 0.05) is 67.5 Å². The summed E-state index contributed by atoms with van der Waals surface area (Å²) < 4.78 is 4.20. The molecule has 1 aromatic carbocycles. The van der Waals surface area contributed by atoms with Gasteiger partial charge >= 0.3 is 0 Å². The van der Waals surface area contributed by atoms with Crippen LogP contribution in [-0.2, 0) is 18.9 Å². The van der Waals surface area contributed by atoms with Crippen LogP contribution in [0.3, 0.4) is 0 Å². The van der Waals surface area contributed by atoms with Crippen LogP contribution in [0, 0.1) is 0 Å². The second-order valence-corrected chi connectivity index (χ2v) is 8.00. The van der Waals surface area contributed by atoms with Crippen LogP contribution in [0.2, 0.25) is 0 Å². The number of carbonyl (C=O) groups excluding carboxylic acids is 1. The number of aryl methyl sites for hydroxylation is 2. The molecule has 0 N–H and O–H groups in total. The lowest BCUT2D eigenvalue weighted by Crippen LogP contribution is -2.40. The van der Waals surface area contributed by atoms with Crippen molar-refractivity contribution in [2.24, 2.45) is 14.1 Å². The lowest BCUT2D eigenvalue weighted by atomic mass is 9.97. The van der Waals surface area contributed by atoms with Gasteiger partial charge in [-0.3, -0.25) is 4.79 Å². The topological polar surface area (TPSA) is 43.1 Å². The van der Waals surface area contributed by atoms with E-state index >= 15 is 0 Å². The van der Waals surface area contributed by atoms with Gasteiger partial charge in [-0.05, 0) is 18.9 Å². The van der Waals surface area contributed by atoms with Gasteiger partial charge in [-0.25, -0.2) is 4.98 Å². The molecule has 4 rings (SSSR count). The number of hydrogen-bond acceptors (Lipinski definition) is 3. The quantitative estimate of drug-likeness (QED) is 0.663. The van der Waals surface area contributed by atoms with Crippen molar-refractivity contribution in [1.82, 2.24) is 19.0 Å². The first-order valence-electron chi connectivity index (χ1n) is 9.05. The SMILES string of the molecule is Cn1ccnc1C1CCCN(C(=O)CSc2cn(C)c3ccccc23)C1. The van der Waals surface area contributed by atoms with Gasteiger partial charge in [0.2, 0.25) is 5.91 Å². The molecular weight excluding hydrogens is 344 g/mol. The summed E-state index contributed by atoms with van der Waals surface area (Å²) in [5.74, 6) is 2.14. The molecule has 0 aliphatic carbocycles. The third-order valence-corrected chi connectivity index (χ3v) is 6.24. The molecule has 1 unspecified atom stereocenters. The molecule has 0 bridgehead atoms. The first kappa shape index (κ1) is 17.2. The Bertz CT molecular complexity index is 929. The van der Waals surface area contributed by atoms with E-state index in [4.69, 9.17) is 0 Å². The van der Waals surface area contributed by atoms with Crippen LogP contribution >= 0.6 is 11.8 Å². The number of carbonyl (C=O) groups is 1. The summed E-state index contributed by atoms with van der Waals surface area (Å²) in [5.41, 5.74) is 1.20. The minimum atomic E-state index is 0.224. The number of benzene rings is 1. The van der Waals surface area contributed by atoms with E-state index in [1.807, 2.05) is 30.4 Å². The van der Waals surface area contributed by atoms with Crippen molar-refractivity contribution in [3.63, 3.8) is 0 Å². The van der Waals surface area contributed by atoms with Crippen molar-refractivity contribution in [3.8, 4) is 0 Å². The first-order chi connectivity index (χ1) is 12.6. The maximum Gasteiger partial charge on any atom is 0.232 e. The van der Waals surface area contributed by atoms with Gasteiger partial charge in [-0.2, -0.15) is 0 Å². The number of fused-ring (bicyclic) bond motifs is 1. The summed E-state index contributed by atoms with van der Waals surface area (Å²) in [6.45, 7) is 1.63. The van der Waals surface area contributed by atoms with E-state index in [1.54, 1.807) is 11.8 Å². The number of rotatable bonds is 4. The molecule has 1 aliphatic rings. The molecule has 136 valence electrons. The van der Waals surface area contributed by atoms with Crippen LogP contribution in [0.15, 0.2) is 47.8 Å². The molecule has 3 heterocycles. The van der Waals surface area contributed by atoms with E-state index in [2.05, 4.69) is 45.6 Å². The van der Waals surface area contributed by atoms with E-state index in [0.717, 1.165) is 31.8 Å². The molecular formula is C20H24N4OS. The highest BCUT2D eigenvalue weighted by Gasteiger charge is 2.27. The van der Waals surface area contributed by atoms with Crippen molar-refractivity contribution in [2.75, 3.05) is 18.8 Å². The zero-order valence-electron chi connectivity index (χ0n) is 15.3. The Balaban J connectivity index is 1.42. The van der Waals surface area contributed by atoms with Crippen LogP contribution in [-0.4, -0.2) is 43.8 Å². The largest absolute Gasteiger partial charge is 0.349 e. The number of amides is 1. The highest BCUT2D eigenvalue weighted by Crippen LogP contribution is 2.30. The normalized spacial score (nSPS) is 17.8. The van der Waals surface area contributed by atoms with Gasteiger partial charge in [0.05, 0.1) is 5.75 Å². The summed E-state index contributed by atoms with van der Waals surface area (Å²) >= 11 is 1.64. The Morgan fingerprint density at radius 2 is 2.12 bits per heavy atom. The fraction of sp³-hybridized carbons (Fsp3) is 0.400. The Morgan fingerprint density at radius 3 is 2.92 bits per heavy atom. The monoisotopic (exact) mass is 368 g/mol. The van der Waals surface area contributed by atoms with Gasteiger partial charge in [-0.1, -0.05) is 18.2 Å². The molecule has 2 aromatic heterocycles. The molecule has 1 fully saturated rings. The molecule has 26 heavy (non-hydrogen) atoms. The predicted molar refractivity (Wildman–Crippen MR) is 105 cm³/mol. The summed E-state index contributed by atoms with van der Waals surface area (Å²) in [7, 11) is 4.08. The number of para-hydroxylation sites is 1. The Hall–Kier alpha value is -2.21. The first-order valence-corrected chi connectivity index (χ1v) is 10.0. The van der Waals surface area contributed by atoms with Gasteiger partial charge in [0.15, 0.2) is 0 Å². The molecule has 0 saturated carbocycles. The molecule has 1 aliphatic heterocycles. The minimum Gasteiger partial charge on any atom is -0.349 e. The fourth-order valence-electron chi connectivity index (χ4n) is 3.84. The van der Waals surface area contributed by atoms with E-state index in [0.29, 0.717) is 11.7 Å². The number of nitrogens with zero attached hydrogens (tertiary/aromatic N) is 4. The average Bonchev–Trinajstić information content (AvgIpc) is 3.23. The van der Waals surface area contributed by atoms with Crippen molar-refractivity contribution >= 4 is 28.6 Å². The fourth-order valence-corrected chi connectivity index (χ4v) is 4.86. The maximum absolute atomic E-state index is 12.8. The number of thioether (sulfide) groups is 1. The summed E-state index contributed by atoms with van der Waals surface area (Å²) in [4.78, 5) is 20.5. The van der Waals surface area contributed by atoms with Crippen LogP contribution in [0.5, 0.6) is 0 Å². The van der Waals surface area contributed by atoms with Crippen LogP contribution < -0.4 is 0 Å². The lowest BCUT2D eigenvalue weighted by Gasteiger charge is -2.32. The van der Waals surface area contributed by atoms with Gasteiger partial charge in [0.25, 0.3) is 0 Å². The van der Waals surface area contributed by atoms with Gasteiger partial charge < -0.3 is 14.0 Å². The Kier molecular flexibility index (Phi) is 4.76. The van der Waals surface area contributed by atoms with Crippen LogP contribution in [0.25, 0.3) is 10.9 Å². The smallest absolute Gasteiger partial charge is 0.232 e.